The van der Waals surface area contributed by atoms with Gasteiger partial charge in [-0.05, 0) is 31.0 Å². The highest BCUT2D eigenvalue weighted by Crippen LogP contribution is 2.42. The Bertz CT molecular complexity index is 1040. The Morgan fingerprint density at radius 1 is 1.13 bits per heavy atom. The first-order valence-electron chi connectivity index (χ1n) is 10.2. The zero-order chi connectivity index (χ0) is 21.8. The topological polar surface area (TPSA) is 73.6 Å². The summed E-state index contributed by atoms with van der Waals surface area (Å²) in [5, 5.41) is 9.91. The van der Waals surface area contributed by atoms with Gasteiger partial charge in [0.05, 0.1) is 18.5 Å². The largest absolute Gasteiger partial charge is 0.378 e. The molecule has 2 amide bonds. The molecule has 2 aromatic carbocycles. The molecule has 2 aliphatic rings. The molecule has 0 bridgehead atoms. The zero-order valence-corrected chi connectivity index (χ0v) is 18.1. The van der Waals surface area contributed by atoms with Gasteiger partial charge >= 0.3 is 0 Å². The van der Waals surface area contributed by atoms with Crippen LogP contribution in [0, 0.1) is 18.3 Å². The van der Waals surface area contributed by atoms with Crippen LogP contribution in [0.1, 0.15) is 11.1 Å². The van der Waals surface area contributed by atoms with Crippen LogP contribution < -0.4 is 4.90 Å². The summed E-state index contributed by atoms with van der Waals surface area (Å²) in [6, 6.07) is 19.4. The van der Waals surface area contributed by atoms with Crippen molar-refractivity contribution < 1.29 is 14.3 Å². The van der Waals surface area contributed by atoms with Crippen LogP contribution in [0.4, 0.5) is 5.69 Å². The van der Waals surface area contributed by atoms with Gasteiger partial charge in [-0.1, -0.05) is 59.8 Å². The van der Waals surface area contributed by atoms with Crippen LogP contribution in [-0.2, 0) is 20.7 Å². The SMILES string of the molecule is Cc1ccc(C[C@H]2S/C(=C(\C#N)C(=O)N3CCOCC3)N(c3ccccc3)C2=O)cc1. The molecular formula is C24H23N3O3S. The minimum absolute atomic E-state index is 0.00973. The highest BCUT2D eigenvalue weighted by molar-refractivity contribution is 8.05. The number of benzene rings is 2. The van der Waals surface area contributed by atoms with E-state index >= 15 is 0 Å². The lowest BCUT2D eigenvalue weighted by molar-refractivity contribution is -0.130. The molecule has 0 N–H and O–H groups in total. The van der Waals surface area contributed by atoms with Crippen LogP contribution >= 0.6 is 11.8 Å². The average molecular weight is 434 g/mol. The molecule has 0 aromatic heterocycles. The molecule has 2 aromatic rings. The van der Waals surface area contributed by atoms with E-state index in [1.54, 1.807) is 4.90 Å². The molecule has 0 radical (unpaired) electrons. The Balaban J connectivity index is 1.71. The lowest BCUT2D eigenvalue weighted by Crippen LogP contribution is -2.42. The first kappa shape index (κ1) is 21.2. The Kier molecular flexibility index (Phi) is 6.40. The van der Waals surface area contributed by atoms with Gasteiger partial charge in [0, 0.05) is 18.8 Å². The van der Waals surface area contributed by atoms with E-state index in [1.165, 1.54) is 16.7 Å². The summed E-state index contributed by atoms with van der Waals surface area (Å²) in [7, 11) is 0. The number of anilines is 1. The number of hydrogen-bond acceptors (Lipinski definition) is 5. The van der Waals surface area contributed by atoms with Crippen molar-refractivity contribution in [3.8, 4) is 6.07 Å². The van der Waals surface area contributed by atoms with Gasteiger partial charge in [-0.25, -0.2) is 0 Å². The molecule has 1 atom stereocenters. The van der Waals surface area contributed by atoms with E-state index in [9.17, 15) is 14.9 Å². The van der Waals surface area contributed by atoms with Crippen molar-refractivity contribution >= 4 is 29.3 Å². The quantitative estimate of drug-likeness (QED) is 0.547. The van der Waals surface area contributed by atoms with E-state index in [1.807, 2.05) is 61.5 Å². The summed E-state index contributed by atoms with van der Waals surface area (Å²) < 4.78 is 5.33. The zero-order valence-electron chi connectivity index (χ0n) is 17.3. The van der Waals surface area contributed by atoms with Gasteiger partial charge in [0.2, 0.25) is 5.91 Å². The highest BCUT2D eigenvalue weighted by atomic mass is 32.2. The fraction of sp³-hybridized carbons (Fsp3) is 0.292. The number of ether oxygens (including phenoxy) is 1. The molecule has 0 aliphatic carbocycles. The summed E-state index contributed by atoms with van der Waals surface area (Å²) in [4.78, 5) is 29.7. The molecule has 2 aliphatic heterocycles. The van der Waals surface area contributed by atoms with Crippen LogP contribution in [0.2, 0.25) is 0 Å². The molecule has 4 rings (SSSR count). The molecule has 31 heavy (non-hydrogen) atoms. The number of morpholine rings is 1. The number of aryl methyl sites for hydroxylation is 1. The monoisotopic (exact) mass is 433 g/mol. The van der Waals surface area contributed by atoms with E-state index < -0.39 is 5.25 Å². The van der Waals surface area contributed by atoms with Crippen molar-refractivity contribution in [1.29, 1.82) is 5.26 Å². The first-order valence-corrected chi connectivity index (χ1v) is 11.1. The second-order valence-electron chi connectivity index (χ2n) is 7.50. The number of hydrogen-bond donors (Lipinski definition) is 0. The van der Waals surface area contributed by atoms with Crippen LogP contribution in [0.15, 0.2) is 65.2 Å². The van der Waals surface area contributed by atoms with Crippen molar-refractivity contribution in [2.24, 2.45) is 0 Å². The molecular weight excluding hydrogens is 410 g/mol. The van der Waals surface area contributed by atoms with E-state index in [-0.39, 0.29) is 17.4 Å². The van der Waals surface area contributed by atoms with Crippen LogP contribution in [0.5, 0.6) is 0 Å². The number of amides is 2. The third-order valence-corrected chi connectivity index (χ3v) is 6.61. The maximum atomic E-state index is 13.4. The molecule has 158 valence electrons. The number of carbonyl (C=O) groups excluding carboxylic acids is 2. The summed E-state index contributed by atoms with van der Waals surface area (Å²) >= 11 is 1.30. The fourth-order valence-corrected chi connectivity index (χ4v) is 4.96. The number of para-hydroxylation sites is 1. The minimum Gasteiger partial charge on any atom is -0.378 e. The van der Waals surface area contributed by atoms with Crippen molar-refractivity contribution in [2.75, 3.05) is 31.2 Å². The number of nitriles is 1. The lowest BCUT2D eigenvalue weighted by Gasteiger charge is -2.27. The molecule has 0 saturated carbocycles. The normalized spacial score (nSPS) is 20.5. The third-order valence-electron chi connectivity index (χ3n) is 5.35. The highest BCUT2D eigenvalue weighted by Gasteiger charge is 2.41. The average Bonchev–Trinajstić information content (AvgIpc) is 3.12. The molecule has 2 fully saturated rings. The van der Waals surface area contributed by atoms with Crippen LogP contribution in [0.25, 0.3) is 0 Å². The van der Waals surface area contributed by atoms with Gasteiger partial charge in [0.1, 0.15) is 16.7 Å². The molecule has 0 spiro atoms. The minimum atomic E-state index is -0.404. The lowest BCUT2D eigenvalue weighted by atomic mass is 10.1. The van der Waals surface area contributed by atoms with Crippen molar-refractivity contribution in [3.63, 3.8) is 0 Å². The molecule has 0 unspecified atom stereocenters. The van der Waals surface area contributed by atoms with E-state index in [2.05, 4.69) is 6.07 Å². The number of rotatable bonds is 4. The van der Waals surface area contributed by atoms with Gasteiger partial charge < -0.3 is 9.64 Å². The Morgan fingerprint density at radius 3 is 2.45 bits per heavy atom. The summed E-state index contributed by atoms with van der Waals surface area (Å²) in [6.07, 6.45) is 0.529. The van der Waals surface area contributed by atoms with Gasteiger partial charge in [-0.3, -0.25) is 14.5 Å². The third kappa shape index (κ3) is 4.50. The Labute approximate surface area is 186 Å². The number of thioether (sulfide) groups is 1. The van der Waals surface area contributed by atoms with Crippen molar-refractivity contribution in [2.45, 2.75) is 18.6 Å². The Hall–Kier alpha value is -3.08. The Morgan fingerprint density at radius 2 is 1.81 bits per heavy atom. The first-order chi connectivity index (χ1) is 15.1. The smallest absolute Gasteiger partial charge is 0.267 e. The number of carbonyl (C=O) groups is 2. The predicted molar refractivity (Wildman–Crippen MR) is 120 cm³/mol. The van der Waals surface area contributed by atoms with Crippen molar-refractivity contribution in [1.82, 2.24) is 4.90 Å². The second kappa shape index (κ2) is 9.38. The van der Waals surface area contributed by atoms with Crippen LogP contribution in [0.3, 0.4) is 0 Å². The van der Waals surface area contributed by atoms with Gasteiger partial charge in [0.25, 0.3) is 5.91 Å². The van der Waals surface area contributed by atoms with Crippen molar-refractivity contribution in [3.05, 3.63) is 76.3 Å². The van der Waals surface area contributed by atoms with E-state index in [0.29, 0.717) is 43.4 Å². The maximum absolute atomic E-state index is 13.4. The second-order valence-corrected chi connectivity index (χ2v) is 8.69. The maximum Gasteiger partial charge on any atom is 0.267 e. The number of nitrogens with zero attached hydrogens (tertiary/aromatic N) is 3. The van der Waals surface area contributed by atoms with E-state index in [0.717, 1.165) is 11.1 Å². The van der Waals surface area contributed by atoms with Gasteiger partial charge in [-0.2, -0.15) is 5.26 Å². The summed E-state index contributed by atoms with van der Waals surface area (Å²) in [6.45, 7) is 3.80. The predicted octanol–water partition coefficient (Wildman–Crippen LogP) is 3.28. The molecule has 2 heterocycles. The summed E-state index contributed by atoms with van der Waals surface area (Å²) in [5.41, 5.74) is 2.87. The van der Waals surface area contributed by atoms with Gasteiger partial charge in [-0.15, -0.1) is 0 Å². The van der Waals surface area contributed by atoms with Crippen LogP contribution in [-0.4, -0.2) is 48.3 Å². The molecule has 7 heteroatoms. The van der Waals surface area contributed by atoms with E-state index in [4.69, 9.17) is 4.74 Å². The molecule has 6 nitrogen and oxygen atoms in total. The fourth-order valence-electron chi connectivity index (χ4n) is 3.65. The van der Waals surface area contributed by atoms with Gasteiger partial charge in [0.15, 0.2) is 0 Å². The summed E-state index contributed by atoms with van der Waals surface area (Å²) in [5.74, 6) is -0.465. The standard InChI is InChI=1S/C24H23N3O3S/c1-17-7-9-18(10-8-17)15-21-23(29)27(19-5-3-2-4-6-19)24(31-21)20(16-25)22(28)26-11-13-30-14-12-26/h2-10,21H,11-15H2,1H3/b24-20+/t21-/m1/s1. The molecule has 2 saturated heterocycles.